The van der Waals surface area contributed by atoms with Gasteiger partial charge in [0.25, 0.3) is 0 Å². The van der Waals surface area contributed by atoms with Crippen LogP contribution in [-0.2, 0) is 0 Å². The second-order valence-electron chi connectivity index (χ2n) is 6.23. The number of hydrogen-bond acceptors (Lipinski definition) is 4. The van der Waals surface area contributed by atoms with Gasteiger partial charge in [-0.15, -0.1) is 5.11 Å². The summed E-state index contributed by atoms with van der Waals surface area (Å²) in [5.74, 6) is -1.96. The van der Waals surface area contributed by atoms with Crippen LogP contribution < -0.4 is 0 Å². The lowest BCUT2D eigenvalue weighted by Gasteiger charge is -2.05. The van der Waals surface area contributed by atoms with E-state index in [1.165, 1.54) is 6.07 Å². The highest BCUT2D eigenvalue weighted by molar-refractivity contribution is 6.07. The number of aromatic carboxylic acids is 2. The van der Waals surface area contributed by atoms with Gasteiger partial charge in [-0.25, -0.2) is 9.59 Å². The van der Waals surface area contributed by atoms with Crippen LogP contribution >= 0.6 is 0 Å². The van der Waals surface area contributed by atoms with Crippen LogP contribution in [0.4, 0.5) is 11.4 Å². The first kappa shape index (κ1) is 17.4. The maximum Gasteiger partial charge on any atom is 0.336 e. The molecule has 6 nitrogen and oxygen atoms in total. The summed E-state index contributed by atoms with van der Waals surface area (Å²) < 4.78 is 0. The van der Waals surface area contributed by atoms with Gasteiger partial charge >= 0.3 is 11.9 Å². The third-order valence-corrected chi connectivity index (χ3v) is 4.48. The van der Waals surface area contributed by atoms with Crippen molar-refractivity contribution >= 4 is 44.9 Å². The highest BCUT2D eigenvalue weighted by atomic mass is 16.4. The molecule has 0 spiro atoms. The molecule has 0 amide bonds. The lowest BCUT2D eigenvalue weighted by molar-refractivity contribution is 0.0687. The summed E-state index contributed by atoms with van der Waals surface area (Å²) in [5.41, 5.74) is 1.63. The van der Waals surface area contributed by atoms with Crippen LogP contribution in [0, 0.1) is 0 Å². The molecule has 6 heteroatoms. The Kier molecular flexibility index (Phi) is 4.29. The van der Waals surface area contributed by atoms with Crippen molar-refractivity contribution in [2.75, 3.05) is 0 Å². The molecule has 0 saturated heterocycles. The summed E-state index contributed by atoms with van der Waals surface area (Å²) in [5, 5.41) is 30.0. The number of fused-ring (bicyclic) bond motifs is 2. The molecule has 0 aliphatic carbocycles. The van der Waals surface area contributed by atoms with Gasteiger partial charge in [0.1, 0.15) is 0 Å². The van der Waals surface area contributed by atoms with E-state index in [9.17, 15) is 14.7 Å². The van der Waals surface area contributed by atoms with Crippen LogP contribution in [0.2, 0.25) is 0 Å². The predicted molar refractivity (Wildman–Crippen MR) is 106 cm³/mol. The van der Waals surface area contributed by atoms with E-state index in [1.807, 2.05) is 18.2 Å². The average molecular weight is 370 g/mol. The highest BCUT2D eigenvalue weighted by Crippen LogP contribution is 2.31. The fourth-order valence-corrected chi connectivity index (χ4v) is 3.10. The van der Waals surface area contributed by atoms with Crippen LogP contribution in [0.15, 0.2) is 83.0 Å². The Balaban J connectivity index is 1.73. The maximum atomic E-state index is 11.4. The summed E-state index contributed by atoms with van der Waals surface area (Å²) in [6, 6.07) is 20.6. The van der Waals surface area contributed by atoms with Crippen LogP contribution in [0.1, 0.15) is 20.7 Å². The van der Waals surface area contributed by atoms with Crippen LogP contribution in [-0.4, -0.2) is 22.2 Å². The first-order valence-electron chi connectivity index (χ1n) is 8.47. The van der Waals surface area contributed by atoms with Gasteiger partial charge in [-0.05, 0) is 52.6 Å². The number of azo groups is 1. The van der Waals surface area contributed by atoms with Crippen molar-refractivity contribution in [2.24, 2.45) is 10.2 Å². The van der Waals surface area contributed by atoms with Gasteiger partial charge in [0.2, 0.25) is 0 Å². The molecule has 0 aliphatic rings. The van der Waals surface area contributed by atoms with E-state index in [4.69, 9.17) is 5.11 Å². The lowest BCUT2D eigenvalue weighted by atomic mass is 10.0. The molecule has 4 rings (SSSR count). The number of nitrogens with zero attached hydrogens (tertiary/aromatic N) is 2. The summed E-state index contributed by atoms with van der Waals surface area (Å²) in [6.07, 6.45) is 0. The monoisotopic (exact) mass is 370 g/mol. The SMILES string of the molecule is O=C(O)c1ccc2cc(N=Nc3ccc(C(=O)O)c4ccccc34)ccc2c1. The minimum atomic E-state index is -0.991. The topological polar surface area (TPSA) is 99.3 Å². The zero-order chi connectivity index (χ0) is 19.7. The summed E-state index contributed by atoms with van der Waals surface area (Å²) in [7, 11) is 0. The van der Waals surface area contributed by atoms with Crippen LogP contribution in [0.5, 0.6) is 0 Å². The van der Waals surface area contributed by atoms with E-state index in [-0.39, 0.29) is 11.1 Å². The maximum absolute atomic E-state index is 11.4. The Morgan fingerprint density at radius 2 is 1.39 bits per heavy atom. The Bertz CT molecular complexity index is 1280. The van der Waals surface area contributed by atoms with Crippen molar-refractivity contribution in [3.8, 4) is 0 Å². The van der Waals surface area contributed by atoms with E-state index in [2.05, 4.69) is 10.2 Å². The Labute approximate surface area is 159 Å². The van der Waals surface area contributed by atoms with Gasteiger partial charge < -0.3 is 10.2 Å². The molecule has 0 bridgehead atoms. The molecule has 28 heavy (non-hydrogen) atoms. The molecule has 0 aromatic heterocycles. The Morgan fingerprint density at radius 1 is 0.679 bits per heavy atom. The summed E-state index contributed by atoms with van der Waals surface area (Å²) >= 11 is 0. The molecule has 0 fully saturated rings. The first-order valence-corrected chi connectivity index (χ1v) is 8.47. The Hall–Kier alpha value is -4.06. The van der Waals surface area contributed by atoms with Crippen LogP contribution in [0.3, 0.4) is 0 Å². The summed E-state index contributed by atoms with van der Waals surface area (Å²) in [6.45, 7) is 0. The quantitative estimate of drug-likeness (QED) is 0.443. The van der Waals surface area contributed by atoms with Gasteiger partial charge in [-0.2, -0.15) is 5.11 Å². The molecule has 4 aromatic carbocycles. The molecule has 0 saturated carbocycles. The second kappa shape index (κ2) is 6.92. The predicted octanol–water partition coefficient (Wildman–Crippen LogP) is 5.80. The average Bonchev–Trinajstić information content (AvgIpc) is 2.71. The van der Waals surface area contributed by atoms with Gasteiger partial charge in [0, 0.05) is 5.39 Å². The first-order chi connectivity index (χ1) is 13.5. The van der Waals surface area contributed by atoms with Crippen molar-refractivity contribution in [3.63, 3.8) is 0 Å². The smallest absolute Gasteiger partial charge is 0.336 e. The van der Waals surface area contributed by atoms with Gasteiger partial charge in [-0.1, -0.05) is 36.4 Å². The fourth-order valence-electron chi connectivity index (χ4n) is 3.10. The van der Waals surface area contributed by atoms with Gasteiger partial charge in [-0.3, -0.25) is 0 Å². The van der Waals surface area contributed by atoms with E-state index in [0.717, 1.165) is 10.8 Å². The second-order valence-corrected chi connectivity index (χ2v) is 6.23. The number of carbonyl (C=O) groups is 2. The minimum absolute atomic E-state index is 0.217. The highest BCUT2D eigenvalue weighted by Gasteiger charge is 2.10. The molecule has 4 aromatic rings. The summed E-state index contributed by atoms with van der Waals surface area (Å²) in [4.78, 5) is 22.5. The fraction of sp³-hybridized carbons (Fsp3) is 0. The Morgan fingerprint density at radius 3 is 2.14 bits per heavy atom. The molecule has 0 radical (unpaired) electrons. The van der Waals surface area contributed by atoms with E-state index < -0.39 is 11.9 Å². The van der Waals surface area contributed by atoms with Crippen molar-refractivity contribution in [1.29, 1.82) is 0 Å². The number of carboxylic acids is 2. The lowest BCUT2D eigenvalue weighted by Crippen LogP contribution is -1.96. The molecule has 0 unspecified atom stereocenters. The molecule has 0 heterocycles. The third-order valence-electron chi connectivity index (χ3n) is 4.48. The number of hydrogen-bond donors (Lipinski definition) is 2. The molecule has 136 valence electrons. The minimum Gasteiger partial charge on any atom is -0.478 e. The molecule has 0 atom stereocenters. The number of rotatable bonds is 4. The van der Waals surface area contributed by atoms with Gasteiger partial charge in [0.05, 0.1) is 22.5 Å². The van der Waals surface area contributed by atoms with Crippen molar-refractivity contribution in [3.05, 3.63) is 83.9 Å². The molecule has 2 N–H and O–H groups in total. The van der Waals surface area contributed by atoms with E-state index in [1.54, 1.807) is 48.5 Å². The molecular weight excluding hydrogens is 356 g/mol. The standard InChI is InChI=1S/C22H14N2O4/c25-21(26)15-6-5-14-12-16(8-7-13(14)11-15)23-24-20-10-9-19(22(27)28)17-3-1-2-4-18(17)20/h1-12H,(H,25,26)(H,27,28). The number of carboxylic acid groups (broad SMARTS) is 2. The largest absolute Gasteiger partial charge is 0.478 e. The van der Waals surface area contributed by atoms with Gasteiger partial charge in [0.15, 0.2) is 0 Å². The third kappa shape index (κ3) is 3.19. The number of benzene rings is 4. The normalized spacial score (nSPS) is 11.3. The van der Waals surface area contributed by atoms with Crippen molar-refractivity contribution in [2.45, 2.75) is 0 Å². The van der Waals surface area contributed by atoms with E-state index >= 15 is 0 Å². The molecular formula is C22H14N2O4. The van der Waals surface area contributed by atoms with Crippen molar-refractivity contribution in [1.82, 2.24) is 0 Å². The molecule has 0 aliphatic heterocycles. The van der Waals surface area contributed by atoms with Crippen LogP contribution in [0.25, 0.3) is 21.5 Å². The zero-order valence-corrected chi connectivity index (χ0v) is 14.5. The van der Waals surface area contributed by atoms with Crippen molar-refractivity contribution < 1.29 is 19.8 Å². The van der Waals surface area contributed by atoms with E-state index in [0.29, 0.717) is 22.1 Å². The zero-order valence-electron chi connectivity index (χ0n) is 14.5.